The van der Waals surface area contributed by atoms with Gasteiger partial charge in [-0.1, -0.05) is 54.1 Å². The van der Waals surface area contributed by atoms with Crippen LogP contribution in [-0.2, 0) is 6.54 Å². The molecule has 148 valence electrons. The summed E-state index contributed by atoms with van der Waals surface area (Å²) < 4.78 is 0. The van der Waals surface area contributed by atoms with E-state index in [0.717, 1.165) is 22.5 Å². The minimum atomic E-state index is -0.136. The molecule has 0 aliphatic carbocycles. The zero-order chi connectivity index (χ0) is 20.8. The molecule has 1 heterocycles. The Labute approximate surface area is 179 Å². The summed E-state index contributed by atoms with van der Waals surface area (Å²) in [5.74, 6) is 0.498. The van der Waals surface area contributed by atoms with Gasteiger partial charge in [0.1, 0.15) is 0 Å². The van der Waals surface area contributed by atoms with Gasteiger partial charge >= 0.3 is 0 Å². The van der Waals surface area contributed by atoms with Crippen molar-refractivity contribution in [1.82, 2.24) is 15.5 Å². The standard InChI is InChI=1S/C24H19ClN4O/c25-20-10-6-17(7-11-20)16-26-24(30)19-8-12-21(13-9-19)27-23-15-14-22(28-29-23)18-4-2-1-3-5-18/h1-15H,16H2,(H,26,30)(H,27,29). The maximum atomic E-state index is 12.3. The van der Waals surface area contributed by atoms with Gasteiger partial charge in [-0.2, -0.15) is 0 Å². The third kappa shape index (κ3) is 5.01. The molecule has 30 heavy (non-hydrogen) atoms. The van der Waals surface area contributed by atoms with Gasteiger partial charge in [-0.15, -0.1) is 10.2 Å². The van der Waals surface area contributed by atoms with Crippen LogP contribution < -0.4 is 10.6 Å². The van der Waals surface area contributed by atoms with Gasteiger partial charge in [-0.3, -0.25) is 4.79 Å². The largest absolute Gasteiger partial charge is 0.348 e. The van der Waals surface area contributed by atoms with Crippen molar-refractivity contribution in [1.29, 1.82) is 0 Å². The van der Waals surface area contributed by atoms with E-state index in [0.29, 0.717) is 22.9 Å². The molecule has 5 nitrogen and oxygen atoms in total. The molecule has 3 aromatic carbocycles. The highest BCUT2D eigenvalue weighted by Crippen LogP contribution is 2.19. The normalized spacial score (nSPS) is 10.4. The van der Waals surface area contributed by atoms with Crippen molar-refractivity contribution in [2.45, 2.75) is 6.54 Å². The average Bonchev–Trinajstić information content (AvgIpc) is 2.80. The van der Waals surface area contributed by atoms with Gasteiger partial charge in [0.25, 0.3) is 5.91 Å². The summed E-state index contributed by atoms with van der Waals surface area (Å²) in [5.41, 5.74) is 4.23. The summed E-state index contributed by atoms with van der Waals surface area (Å²) >= 11 is 5.88. The van der Waals surface area contributed by atoms with Crippen LogP contribution in [0.2, 0.25) is 5.02 Å². The van der Waals surface area contributed by atoms with E-state index in [4.69, 9.17) is 11.6 Å². The van der Waals surface area contributed by atoms with Crippen LogP contribution in [-0.4, -0.2) is 16.1 Å². The first-order chi connectivity index (χ1) is 14.7. The first kappa shape index (κ1) is 19.6. The van der Waals surface area contributed by atoms with Crippen molar-refractivity contribution in [3.8, 4) is 11.3 Å². The number of hydrogen-bond donors (Lipinski definition) is 2. The van der Waals surface area contributed by atoms with Gasteiger partial charge in [0.15, 0.2) is 5.82 Å². The summed E-state index contributed by atoms with van der Waals surface area (Å²) in [5, 5.41) is 15.3. The van der Waals surface area contributed by atoms with Gasteiger partial charge in [0.2, 0.25) is 0 Å². The number of nitrogens with one attached hydrogen (secondary N) is 2. The fraction of sp³-hybridized carbons (Fsp3) is 0.0417. The monoisotopic (exact) mass is 414 g/mol. The Morgan fingerprint density at radius 3 is 2.20 bits per heavy atom. The molecule has 4 rings (SSSR count). The van der Waals surface area contributed by atoms with Crippen LogP contribution in [0.15, 0.2) is 91.0 Å². The lowest BCUT2D eigenvalue weighted by atomic mass is 10.1. The second kappa shape index (κ2) is 9.20. The van der Waals surface area contributed by atoms with Gasteiger partial charge in [-0.25, -0.2) is 0 Å². The van der Waals surface area contributed by atoms with Crippen molar-refractivity contribution >= 4 is 29.0 Å². The molecule has 0 fully saturated rings. The van der Waals surface area contributed by atoms with Crippen LogP contribution in [0.25, 0.3) is 11.3 Å². The Morgan fingerprint density at radius 2 is 1.53 bits per heavy atom. The molecule has 0 unspecified atom stereocenters. The van der Waals surface area contributed by atoms with Crippen LogP contribution in [0, 0.1) is 0 Å². The maximum Gasteiger partial charge on any atom is 0.251 e. The second-order valence-electron chi connectivity index (χ2n) is 6.68. The lowest BCUT2D eigenvalue weighted by molar-refractivity contribution is 0.0951. The van der Waals surface area contributed by atoms with E-state index in [1.54, 1.807) is 24.3 Å². The molecule has 0 bridgehead atoms. The molecule has 1 amide bonds. The van der Waals surface area contributed by atoms with Crippen molar-refractivity contribution in [2.24, 2.45) is 0 Å². The zero-order valence-corrected chi connectivity index (χ0v) is 16.8. The summed E-state index contributed by atoms with van der Waals surface area (Å²) in [6, 6.07) is 28.3. The average molecular weight is 415 g/mol. The fourth-order valence-electron chi connectivity index (χ4n) is 2.90. The number of hydrogen-bond acceptors (Lipinski definition) is 4. The SMILES string of the molecule is O=C(NCc1ccc(Cl)cc1)c1ccc(Nc2ccc(-c3ccccc3)nn2)cc1. The number of benzene rings is 3. The van der Waals surface area contributed by atoms with E-state index in [9.17, 15) is 4.79 Å². The van der Waals surface area contributed by atoms with Gasteiger partial charge in [0.05, 0.1) is 5.69 Å². The molecule has 6 heteroatoms. The number of halogens is 1. The van der Waals surface area contributed by atoms with Crippen molar-refractivity contribution in [2.75, 3.05) is 5.32 Å². The van der Waals surface area contributed by atoms with Crippen LogP contribution in [0.1, 0.15) is 15.9 Å². The molecular weight excluding hydrogens is 396 g/mol. The second-order valence-corrected chi connectivity index (χ2v) is 7.12. The molecule has 0 atom stereocenters. The van der Waals surface area contributed by atoms with E-state index in [2.05, 4.69) is 20.8 Å². The first-order valence-electron chi connectivity index (χ1n) is 9.46. The highest BCUT2D eigenvalue weighted by atomic mass is 35.5. The van der Waals surface area contributed by atoms with E-state index in [1.165, 1.54) is 0 Å². The molecule has 0 aliphatic heterocycles. The topological polar surface area (TPSA) is 66.9 Å². The van der Waals surface area contributed by atoms with Crippen LogP contribution in [0.3, 0.4) is 0 Å². The summed E-state index contributed by atoms with van der Waals surface area (Å²) in [6.07, 6.45) is 0. The number of anilines is 2. The Hall–Kier alpha value is -3.70. The molecular formula is C24H19ClN4O. The Balaban J connectivity index is 1.35. The van der Waals surface area contributed by atoms with E-state index >= 15 is 0 Å². The molecule has 0 aliphatic rings. The Morgan fingerprint density at radius 1 is 0.800 bits per heavy atom. The molecule has 0 radical (unpaired) electrons. The Kier molecular flexibility index (Phi) is 6.01. The molecule has 0 spiro atoms. The fourth-order valence-corrected chi connectivity index (χ4v) is 3.03. The number of carbonyl (C=O) groups is 1. The van der Waals surface area contributed by atoms with Gasteiger partial charge < -0.3 is 10.6 Å². The van der Waals surface area contributed by atoms with Crippen molar-refractivity contribution < 1.29 is 4.79 Å². The number of rotatable bonds is 6. The maximum absolute atomic E-state index is 12.3. The van der Waals surface area contributed by atoms with Crippen molar-refractivity contribution in [3.05, 3.63) is 107 Å². The summed E-state index contributed by atoms with van der Waals surface area (Å²) in [6.45, 7) is 0.444. The predicted octanol–water partition coefficient (Wildman–Crippen LogP) is 5.47. The van der Waals surface area contributed by atoms with Crippen LogP contribution in [0.5, 0.6) is 0 Å². The predicted molar refractivity (Wildman–Crippen MR) is 120 cm³/mol. The molecule has 0 saturated heterocycles. The minimum Gasteiger partial charge on any atom is -0.348 e. The Bertz CT molecular complexity index is 1110. The van der Waals surface area contributed by atoms with Crippen LogP contribution in [0.4, 0.5) is 11.5 Å². The van der Waals surface area contributed by atoms with Crippen molar-refractivity contribution in [3.63, 3.8) is 0 Å². The molecule has 2 N–H and O–H groups in total. The van der Waals surface area contributed by atoms with Crippen LogP contribution >= 0.6 is 11.6 Å². The number of amides is 1. The smallest absolute Gasteiger partial charge is 0.251 e. The number of carbonyl (C=O) groups excluding carboxylic acids is 1. The first-order valence-corrected chi connectivity index (χ1v) is 9.84. The third-order valence-corrected chi connectivity index (χ3v) is 4.77. The minimum absolute atomic E-state index is 0.136. The van der Waals surface area contributed by atoms with Gasteiger partial charge in [0, 0.05) is 28.4 Å². The molecule has 0 saturated carbocycles. The van der Waals surface area contributed by atoms with Gasteiger partial charge in [-0.05, 0) is 54.1 Å². The third-order valence-electron chi connectivity index (χ3n) is 4.52. The van der Waals surface area contributed by atoms with E-state index < -0.39 is 0 Å². The van der Waals surface area contributed by atoms with E-state index in [1.807, 2.05) is 66.7 Å². The highest BCUT2D eigenvalue weighted by molar-refractivity contribution is 6.30. The number of nitrogens with zero attached hydrogens (tertiary/aromatic N) is 2. The lowest BCUT2D eigenvalue weighted by Gasteiger charge is -2.08. The highest BCUT2D eigenvalue weighted by Gasteiger charge is 2.06. The summed E-state index contributed by atoms with van der Waals surface area (Å²) in [4.78, 5) is 12.3. The summed E-state index contributed by atoms with van der Waals surface area (Å²) in [7, 11) is 0. The molecule has 1 aromatic heterocycles. The number of aromatic nitrogens is 2. The molecule has 4 aromatic rings. The lowest BCUT2D eigenvalue weighted by Crippen LogP contribution is -2.22. The quantitative estimate of drug-likeness (QED) is 0.439. The van der Waals surface area contributed by atoms with E-state index in [-0.39, 0.29) is 5.91 Å². The zero-order valence-electron chi connectivity index (χ0n) is 16.0.